The second kappa shape index (κ2) is 6.84. The summed E-state index contributed by atoms with van der Waals surface area (Å²) in [5.74, 6) is 0.778. The SMILES string of the molecule is C=CC(C)C(/C(C)=C\C)c1ccc(C(=C)N2CCCC2)[nH]1. The van der Waals surface area contributed by atoms with E-state index in [1.807, 2.05) is 6.08 Å². The molecule has 0 amide bonds. The Hall–Kier alpha value is -1.70. The molecule has 0 aliphatic carbocycles. The zero-order chi connectivity index (χ0) is 15.4. The number of aromatic nitrogens is 1. The summed E-state index contributed by atoms with van der Waals surface area (Å²) in [7, 11) is 0. The van der Waals surface area contributed by atoms with Gasteiger partial charge < -0.3 is 9.88 Å². The molecule has 114 valence electrons. The lowest BCUT2D eigenvalue weighted by molar-refractivity contribution is 0.492. The maximum atomic E-state index is 4.27. The Kier molecular flexibility index (Phi) is 5.11. The van der Waals surface area contributed by atoms with Crippen molar-refractivity contribution in [3.63, 3.8) is 0 Å². The summed E-state index contributed by atoms with van der Waals surface area (Å²) < 4.78 is 0. The fraction of sp³-hybridized carbons (Fsp3) is 0.474. The van der Waals surface area contributed by atoms with E-state index in [9.17, 15) is 0 Å². The molecular formula is C19H28N2. The molecule has 0 radical (unpaired) electrons. The molecule has 1 aliphatic heterocycles. The van der Waals surface area contributed by atoms with E-state index in [2.05, 4.69) is 62.0 Å². The van der Waals surface area contributed by atoms with Crippen LogP contribution in [0.15, 0.2) is 43.0 Å². The van der Waals surface area contributed by atoms with Crippen LogP contribution in [0.1, 0.15) is 50.9 Å². The number of aromatic amines is 1. The van der Waals surface area contributed by atoms with Gasteiger partial charge in [-0.05, 0) is 44.7 Å². The summed E-state index contributed by atoms with van der Waals surface area (Å²) >= 11 is 0. The van der Waals surface area contributed by atoms with Gasteiger partial charge in [0.1, 0.15) is 0 Å². The van der Waals surface area contributed by atoms with E-state index in [-0.39, 0.29) is 0 Å². The highest BCUT2D eigenvalue weighted by Crippen LogP contribution is 2.33. The Bertz CT molecular complexity index is 530. The average molecular weight is 284 g/mol. The van der Waals surface area contributed by atoms with E-state index in [4.69, 9.17) is 0 Å². The molecule has 2 rings (SSSR count). The molecule has 21 heavy (non-hydrogen) atoms. The molecule has 0 aromatic carbocycles. The molecule has 0 spiro atoms. The highest BCUT2D eigenvalue weighted by molar-refractivity contribution is 5.59. The first-order chi connectivity index (χ1) is 10.1. The summed E-state index contributed by atoms with van der Waals surface area (Å²) in [5.41, 5.74) is 4.91. The minimum absolute atomic E-state index is 0.368. The van der Waals surface area contributed by atoms with Crippen LogP contribution in [-0.2, 0) is 0 Å². The summed E-state index contributed by atoms with van der Waals surface area (Å²) in [5, 5.41) is 0. The van der Waals surface area contributed by atoms with Crippen molar-refractivity contribution in [2.75, 3.05) is 13.1 Å². The molecule has 0 bridgehead atoms. The fourth-order valence-electron chi connectivity index (χ4n) is 3.18. The van der Waals surface area contributed by atoms with Gasteiger partial charge in [-0.2, -0.15) is 0 Å². The van der Waals surface area contributed by atoms with Crippen molar-refractivity contribution in [2.45, 2.75) is 39.5 Å². The quantitative estimate of drug-likeness (QED) is 0.732. The minimum Gasteiger partial charge on any atom is -0.370 e. The fourth-order valence-corrected chi connectivity index (χ4v) is 3.18. The number of likely N-dealkylation sites (tertiary alicyclic amines) is 1. The predicted octanol–water partition coefficient (Wildman–Crippen LogP) is 4.95. The third kappa shape index (κ3) is 3.31. The molecule has 1 aromatic rings. The standard InChI is InChI=1S/C19H28N2/c1-6-14(3)19(15(4)7-2)18-11-10-17(20-18)16(5)21-12-8-9-13-21/h6-7,10-11,14,19-20H,1,5,8-9,12-13H2,2-4H3/b15-7-. The first-order valence-electron chi connectivity index (χ1n) is 7.97. The van der Waals surface area contributed by atoms with Crippen LogP contribution in [0.4, 0.5) is 0 Å². The molecule has 1 aliphatic rings. The van der Waals surface area contributed by atoms with Crippen molar-refractivity contribution in [3.05, 3.63) is 54.4 Å². The number of nitrogens with one attached hydrogen (secondary N) is 1. The number of nitrogens with zero attached hydrogens (tertiary/aromatic N) is 1. The minimum atomic E-state index is 0.368. The number of H-pyrrole nitrogens is 1. The van der Waals surface area contributed by atoms with Gasteiger partial charge in [0.15, 0.2) is 0 Å². The van der Waals surface area contributed by atoms with Crippen molar-refractivity contribution in [3.8, 4) is 0 Å². The van der Waals surface area contributed by atoms with Gasteiger partial charge in [0.2, 0.25) is 0 Å². The largest absolute Gasteiger partial charge is 0.370 e. The van der Waals surface area contributed by atoms with Gasteiger partial charge in [-0.15, -0.1) is 6.58 Å². The Labute approximate surface area is 129 Å². The van der Waals surface area contributed by atoms with Crippen molar-refractivity contribution >= 4 is 5.70 Å². The van der Waals surface area contributed by atoms with Crippen LogP contribution in [0.3, 0.4) is 0 Å². The van der Waals surface area contributed by atoms with Crippen molar-refractivity contribution in [1.29, 1.82) is 0 Å². The zero-order valence-corrected chi connectivity index (χ0v) is 13.7. The smallest absolute Gasteiger partial charge is 0.0614 e. The molecule has 1 aromatic heterocycles. The van der Waals surface area contributed by atoms with Gasteiger partial charge >= 0.3 is 0 Å². The normalized spacial score (nSPS) is 18.6. The first-order valence-corrected chi connectivity index (χ1v) is 7.97. The van der Waals surface area contributed by atoms with Crippen molar-refractivity contribution in [2.24, 2.45) is 5.92 Å². The molecule has 1 N–H and O–H groups in total. The van der Waals surface area contributed by atoms with Crippen molar-refractivity contribution in [1.82, 2.24) is 9.88 Å². The van der Waals surface area contributed by atoms with E-state index in [1.165, 1.54) is 24.1 Å². The molecule has 2 unspecified atom stereocenters. The van der Waals surface area contributed by atoms with Gasteiger partial charge in [0.25, 0.3) is 0 Å². The van der Waals surface area contributed by atoms with Crippen LogP contribution >= 0.6 is 0 Å². The zero-order valence-electron chi connectivity index (χ0n) is 13.7. The van der Waals surface area contributed by atoms with Crippen LogP contribution in [0.25, 0.3) is 5.70 Å². The summed E-state index contributed by atoms with van der Waals surface area (Å²) in [4.78, 5) is 5.97. The predicted molar refractivity (Wildman–Crippen MR) is 92.2 cm³/mol. The Balaban J connectivity index is 2.23. The number of allylic oxidation sites excluding steroid dienone is 3. The molecule has 0 saturated carbocycles. The molecule has 2 heteroatoms. The highest BCUT2D eigenvalue weighted by Gasteiger charge is 2.22. The van der Waals surface area contributed by atoms with Gasteiger partial charge in [0, 0.05) is 24.7 Å². The van der Waals surface area contributed by atoms with E-state index >= 15 is 0 Å². The topological polar surface area (TPSA) is 19.0 Å². The summed E-state index contributed by atoms with van der Waals surface area (Å²) in [6.45, 7) is 17.0. The van der Waals surface area contributed by atoms with Gasteiger partial charge in [-0.3, -0.25) is 0 Å². The molecule has 2 nitrogen and oxygen atoms in total. The van der Waals surface area contributed by atoms with Crippen LogP contribution in [0.5, 0.6) is 0 Å². The second-order valence-electron chi connectivity index (χ2n) is 6.07. The van der Waals surface area contributed by atoms with Gasteiger partial charge in [-0.25, -0.2) is 0 Å². The summed E-state index contributed by atoms with van der Waals surface area (Å²) in [6.07, 6.45) is 6.79. The Morgan fingerprint density at radius 1 is 1.33 bits per heavy atom. The molecule has 1 fully saturated rings. The van der Waals surface area contributed by atoms with Gasteiger partial charge in [-0.1, -0.05) is 31.2 Å². The molecule has 2 atom stereocenters. The Morgan fingerprint density at radius 3 is 2.57 bits per heavy atom. The van der Waals surface area contributed by atoms with Gasteiger partial charge in [0.05, 0.1) is 11.4 Å². The van der Waals surface area contributed by atoms with Crippen LogP contribution in [-0.4, -0.2) is 23.0 Å². The first kappa shape index (κ1) is 15.7. The van der Waals surface area contributed by atoms with Crippen molar-refractivity contribution < 1.29 is 0 Å². The lowest BCUT2D eigenvalue weighted by Gasteiger charge is -2.22. The lowest BCUT2D eigenvalue weighted by Crippen LogP contribution is -2.17. The maximum Gasteiger partial charge on any atom is 0.0614 e. The van der Waals surface area contributed by atoms with Crippen LogP contribution < -0.4 is 0 Å². The highest BCUT2D eigenvalue weighted by atomic mass is 15.2. The number of hydrogen-bond acceptors (Lipinski definition) is 1. The lowest BCUT2D eigenvalue weighted by atomic mass is 9.85. The van der Waals surface area contributed by atoms with Crippen LogP contribution in [0, 0.1) is 5.92 Å². The average Bonchev–Trinajstić information content (AvgIpc) is 3.17. The number of hydrogen-bond donors (Lipinski definition) is 1. The number of rotatable bonds is 6. The Morgan fingerprint density at radius 2 is 2.00 bits per heavy atom. The van der Waals surface area contributed by atoms with E-state index in [1.54, 1.807) is 0 Å². The monoisotopic (exact) mass is 284 g/mol. The maximum absolute atomic E-state index is 4.27. The van der Waals surface area contributed by atoms with E-state index < -0.39 is 0 Å². The van der Waals surface area contributed by atoms with E-state index in [0.29, 0.717) is 11.8 Å². The third-order valence-electron chi connectivity index (χ3n) is 4.69. The molecular weight excluding hydrogens is 256 g/mol. The summed E-state index contributed by atoms with van der Waals surface area (Å²) in [6, 6.07) is 4.37. The molecule has 2 heterocycles. The van der Waals surface area contributed by atoms with E-state index in [0.717, 1.165) is 24.5 Å². The van der Waals surface area contributed by atoms with Crippen LogP contribution in [0.2, 0.25) is 0 Å². The molecule has 1 saturated heterocycles. The third-order valence-corrected chi connectivity index (χ3v) is 4.69. The second-order valence-corrected chi connectivity index (χ2v) is 6.07.